The Bertz CT molecular complexity index is 2220. The number of unbranched alkanes of at least 4 members (excludes halogenated alkanes) is 13. The molecule has 0 aliphatic heterocycles. The zero-order chi connectivity index (χ0) is 65.1. The van der Waals surface area contributed by atoms with E-state index in [0.717, 1.165) is 25.7 Å². The number of amides is 5. The van der Waals surface area contributed by atoms with E-state index in [9.17, 15) is 63.0 Å². The summed E-state index contributed by atoms with van der Waals surface area (Å²) in [5, 5.41) is 32.1. The van der Waals surface area contributed by atoms with E-state index < -0.39 is 87.7 Å². The summed E-state index contributed by atoms with van der Waals surface area (Å²) in [5.74, 6) is -7.70. The number of carboxylic acid groups (broad SMARTS) is 2. The fraction of sp³-hybridized carbons (Fsp3) is 0.774. The molecule has 1 aromatic heterocycles. The van der Waals surface area contributed by atoms with Gasteiger partial charge in [-0.3, -0.25) is 48.5 Å². The SMILES string of the molecule is CCCCCCC.CCCCCCCCCCCC(=O)N[C@@H](CCC(=O)N[C@@H](CCC(=O)CNCOCCOCC(=O)NCCCC[C@H](CC(=O)C(C)(C)CC(=O)C(C)(C)CC(=O)C(C)(C)NC(=O)[C@@H](N)Cc1cnc[nH]1)C(N)=O)C(=O)O)C(=O)O.[HH].[HH].[HH]. The lowest BCUT2D eigenvalue weighted by Gasteiger charge is -2.33. The summed E-state index contributed by atoms with van der Waals surface area (Å²) in [6, 6.07) is -3.65. The highest BCUT2D eigenvalue weighted by Crippen LogP contribution is 2.34. The number of nitrogens with two attached hydrogens (primary N) is 2. The van der Waals surface area contributed by atoms with Crippen molar-refractivity contribution in [2.24, 2.45) is 28.2 Å². The number of nitrogens with zero attached hydrogens (tertiary/aromatic N) is 1. The molecule has 0 radical (unpaired) electrons. The van der Waals surface area contributed by atoms with E-state index in [1.54, 1.807) is 33.9 Å². The van der Waals surface area contributed by atoms with Gasteiger partial charge in [-0.25, -0.2) is 14.6 Å². The molecule has 12 N–H and O–H groups in total. The van der Waals surface area contributed by atoms with Crippen molar-refractivity contribution in [1.29, 1.82) is 0 Å². The smallest absolute Gasteiger partial charge is 0.326 e. The number of carbonyl (C=O) groups excluding carboxylic acids is 9. The average molecular weight is 1230 g/mol. The number of aromatic amines is 1. The van der Waals surface area contributed by atoms with Gasteiger partial charge in [-0.15, -0.1) is 0 Å². The van der Waals surface area contributed by atoms with Crippen LogP contribution in [-0.2, 0) is 68.6 Å². The van der Waals surface area contributed by atoms with Crippen molar-refractivity contribution >= 4 is 64.6 Å². The van der Waals surface area contributed by atoms with E-state index in [1.807, 2.05) is 0 Å². The van der Waals surface area contributed by atoms with Crippen molar-refractivity contribution in [3.63, 3.8) is 0 Å². The Morgan fingerprint density at radius 3 is 1.69 bits per heavy atom. The van der Waals surface area contributed by atoms with E-state index in [1.165, 1.54) is 78.0 Å². The Labute approximate surface area is 515 Å². The number of ketones is 4. The van der Waals surface area contributed by atoms with Crippen molar-refractivity contribution in [2.75, 3.05) is 39.6 Å². The molecule has 1 heterocycles. The predicted octanol–water partition coefficient (Wildman–Crippen LogP) is 6.98. The number of hydrogen-bond acceptors (Lipinski definition) is 16. The van der Waals surface area contributed by atoms with Crippen molar-refractivity contribution in [2.45, 2.75) is 253 Å². The third-order valence-electron chi connectivity index (χ3n) is 14.8. The minimum absolute atomic E-state index is 0. The molecule has 0 fully saturated rings. The Hall–Kier alpha value is -5.98. The molecule has 0 aliphatic carbocycles. The molecule has 5 amide bonds. The molecule has 0 bridgehead atoms. The number of hydrogen-bond donors (Lipinski definition) is 10. The first-order chi connectivity index (χ1) is 40.5. The van der Waals surface area contributed by atoms with E-state index in [-0.39, 0.29) is 125 Å². The summed E-state index contributed by atoms with van der Waals surface area (Å²) in [5.41, 5.74) is 8.64. The summed E-state index contributed by atoms with van der Waals surface area (Å²) in [6.07, 6.45) is 19.5. The third-order valence-corrected chi connectivity index (χ3v) is 14.8. The molecule has 1 rings (SSSR count). The summed E-state index contributed by atoms with van der Waals surface area (Å²) in [4.78, 5) is 145. The standard InChI is InChI=1S/C55H93N9O15.C7H16.3H2/c1-8-9-10-11-12-13-14-15-16-20-46(69)62-42(52(76)77)23-24-47(70)63-41(51(74)75)22-21-39(65)33-59-36-79-27-26-78-34-48(71)60-25-18-17-19-37(49(57)72)28-43(66)53(2,3)30-44(67)54(4,5)31-45(68)55(6,7)64-50(73)40(56)29-38-32-58-35-61-38;1-3-5-7-6-4-2;;;/h32,35,37,40-42,59H,8-31,33-34,36,56H2,1-7H3,(H2,57,72)(H,58,61)(H,60,71)(H,62,69)(H,63,70)(H,64,73)(H,74,75)(H,76,77);3-7H2,1-2H3;3*1H/t37-,40+,41+,42+;;;;/m1..../s1. The number of nitrogens with one attached hydrogen (secondary N) is 6. The fourth-order valence-corrected chi connectivity index (χ4v) is 8.90. The first kappa shape index (κ1) is 80.0. The number of Topliss-reactive ketones (excluding diaryl/α,β-unsaturated/α-hetero) is 4. The van der Waals surface area contributed by atoms with E-state index in [2.05, 4.69) is 57.3 Å². The summed E-state index contributed by atoms with van der Waals surface area (Å²) >= 11 is 0. The first-order valence-electron chi connectivity index (χ1n) is 31.2. The largest absolute Gasteiger partial charge is 0.480 e. The van der Waals surface area contributed by atoms with Gasteiger partial charge in [0.2, 0.25) is 29.5 Å². The molecule has 0 saturated heterocycles. The minimum atomic E-state index is -1.39. The molecule has 24 heteroatoms. The predicted molar refractivity (Wildman–Crippen MR) is 333 cm³/mol. The highest BCUT2D eigenvalue weighted by atomic mass is 16.5. The van der Waals surface area contributed by atoms with Gasteiger partial charge in [0.05, 0.1) is 44.4 Å². The molecular weight excluding hydrogens is 1110 g/mol. The zero-order valence-electron chi connectivity index (χ0n) is 53.4. The molecule has 86 heavy (non-hydrogen) atoms. The maximum atomic E-state index is 13.6. The van der Waals surface area contributed by atoms with Crippen LogP contribution in [0.1, 0.15) is 233 Å². The van der Waals surface area contributed by atoms with Crippen LogP contribution in [0.2, 0.25) is 0 Å². The summed E-state index contributed by atoms with van der Waals surface area (Å²) in [7, 11) is 0. The Morgan fingerprint density at radius 2 is 1.14 bits per heavy atom. The van der Waals surface area contributed by atoms with Crippen molar-refractivity contribution < 1.29 is 76.7 Å². The van der Waals surface area contributed by atoms with Crippen LogP contribution in [0.3, 0.4) is 0 Å². The molecule has 498 valence electrons. The van der Waals surface area contributed by atoms with Gasteiger partial charge in [0.15, 0.2) is 5.78 Å². The van der Waals surface area contributed by atoms with Gasteiger partial charge in [0.1, 0.15) is 36.0 Å². The van der Waals surface area contributed by atoms with Crippen LogP contribution in [0.15, 0.2) is 12.5 Å². The van der Waals surface area contributed by atoms with Crippen LogP contribution >= 0.6 is 0 Å². The highest BCUT2D eigenvalue weighted by molar-refractivity contribution is 5.99. The Balaban J connectivity index is -0.00000339. The van der Waals surface area contributed by atoms with Gasteiger partial charge < -0.3 is 57.4 Å². The Morgan fingerprint density at radius 1 is 0.628 bits per heavy atom. The van der Waals surface area contributed by atoms with Crippen LogP contribution in [-0.4, -0.2) is 148 Å². The monoisotopic (exact) mass is 1230 g/mol. The molecular formula is C62H115N9O15. The lowest BCUT2D eigenvalue weighted by molar-refractivity contribution is -0.143. The number of rotatable bonds is 52. The third kappa shape index (κ3) is 38.2. The number of imidazole rings is 1. The number of primary amides is 1. The van der Waals surface area contributed by atoms with Gasteiger partial charge in [-0.2, -0.15) is 0 Å². The molecule has 0 aromatic carbocycles. The molecule has 4 atom stereocenters. The summed E-state index contributed by atoms with van der Waals surface area (Å²) in [6.45, 7) is 16.0. The lowest BCUT2D eigenvalue weighted by Crippen LogP contribution is -2.56. The van der Waals surface area contributed by atoms with Gasteiger partial charge in [0.25, 0.3) is 0 Å². The van der Waals surface area contributed by atoms with Gasteiger partial charge in [-0.05, 0) is 46.0 Å². The van der Waals surface area contributed by atoms with E-state index in [0.29, 0.717) is 25.0 Å². The number of H-pyrrole nitrogens is 1. The minimum Gasteiger partial charge on any atom is -0.480 e. The van der Waals surface area contributed by atoms with Crippen LogP contribution in [0, 0.1) is 16.7 Å². The normalized spacial score (nSPS) is 13.0. The molecule has 1 aromatic rings. The second-order valence-electron chi connectivity index (χ2n) is 24.2. The quantitative estimate of drug-likeness (QED) is 0.0232. The van der Waals surface area contributed by atoms with Gasteiger partial charge in [0, 0.05) is 84.4 Å². The number of ether oxygens (including phenoxy) is 2. The van der Waals surface area contributed by atoms with Crippen LogP contribution < -0.4 is 38.1 Å². The topological polar surface area (TPSA) is 388 Å². The van der Waals surface area contributed by atoms with Crippen LogP contribution in [0.4, 0.5) is 0 Å². The zero-order valence-corrected chi connectivity index (χ0v) is 53.4. The summed E-state index contributed by atoms with van der Waals surface area (Å²) < 4.78 is 10.7. The number of aliphatic carboxylic acids is 2. The number of carboxylic acids is 2. The van der Waals surface area contributed by atoms with Gasteiger partial charge in [-0.1, -0.05) is 138 Å². The number of aromatic nitrogens is 2. The maximum absolute atomic E-state index is 13.6. The molecule has 0 unspecified atom stereocenters. The Kier molecular flexibility index (Phi) is 42.2. The second-order valence-corrected chi connectivity index (χ2v) is 24.2. The molecule has 24 nitrogen and oxygen atoms in total. The average Bonchev–Trinajstić information content (AvgIpc) is 4.19. The van der Waals surface area contributed by atoms with Gasteiger partial charge >= 0.3 is 11.9 Å². The fourth-order valence-electron chi connectivity index (χ4n) is 8.90. The van der Waals surface area contributed by atoms with Crippen molar-refractivity contribution in [1.82, 2.24) is 36.6 Å². The second kappa shape index (κ2) is 45.3. The lowest BCUT2D eigenvalue weighted by atomic mass is 9.71. The maximum Gasteiger partial charge on any atom is 0.326 e. The van der Waals surface area contributed by atoms with Crippen molar-refractivity contribution in [3.8, 4) is 0 Å². The van der Waals surface area contributed by atoms with Crippen LogP contribution in [0.5, 0.6) is 0 Å². The molecule has 0 spiro atoms. The van der Waals surface area contributed by atoms with E-state index in [4.69, 9.17) is 20.9 Å². The highest BCUT2D eigenvalue weighted by Gasteiger charge is 2.41. The molecule has 0 saturated carbocycles. The van der Waals surface area contributed by atoms with E-state index >= 15 is 0 Å². The first-order valence-corrected chi connectivity index (χ1v) is 31.2. The van der Waals surface area contributed by atoms with Crippen molar-refractivity contribution in [3.05, 3.63) is 18.2 Å². The van der Waals surface area contributed by atoms with Crippen LogP contribution in [0.25, 0.3) is 0 Å². The molecule has 0 aliphatic rings. The number of carbonyl (C=O) groups is 11.